The van der Waals surface area contributed by atoms with Crippen molar-refractivity contribution in [3.8, 4) is 6.07 Å². The third-order valence-electron chi connectivity index (χ3n) is 3.52. The normalized spacial score (nSPS) is 11.4. The number of aromatic nitrogens is 1. The molecule has 0 bridgehead atoms. The monoisotopic (exact) mass is 270 g/mol. The molecular formula is C16H18N2O2. The number of benzene rings is 1. The van der Waals surface area contributed by atoms with Crippen LogP contribution in [0.15, 0.2) is 30.5 Å². The molecule has 0 saturated heterocycles. The lowest BCUT2D eigenvalue weighted by molar-refractivity contribution is 0.0697. The minimum absolute atomic E-state index is 0.301. The van der Waals surface area contributed by atoms with Gasteiger partial charge in [0.1, 0.15) is 0 Å². The first-order valence-electron chi connectivity index (χ1n) is 6.66. The van der Waals surface area contributed by atoms with Crippen molar-refractivity contribution in [1.82, 2.24) is 4.57 Å². The Kier molecular flexibility index (Phi) is 3.80. The van der Waals surface area contributed by atoms with Crippen LogP contribution in [0.5, 0.6) is 0 Å². The predicted octanol–water partition coefficient (Wildman–Crippen LogP) is 3.67. The van der Waals surface area contributed by atoms with Crippen LogP contribution >= 0.6 is 0 Å². The summed E-state index contributed by atoms with van der Waals surface area (Å²) >= 11 is 0. The lowest BCUT2D eigenvalue weighted by atomic mass is 9.90. The molecule has 1 aromatic carbocycles. The maximum absolute atomic E-state index is 11.0. The van der Waals surface area contributed by atoms with Crippen LogP contribution in [0.2, 0.25) is 0 Å². The number of carboxylic acid groups (broad SMARTS) is 1. The SMILES string of the molecule is CC(C)(C#N)CCCn1ccc2ccc(C(=O)O)cc21. The van der Waals surface area contributed by atoms with Gasteiger partial charge in [0.2, 0.25) is 0 Å². The van der Waals surface area contributed by atoms with Gasteiger partial charge in [-0.2, -0.15) is 5.26 Å². The van der Waals surface area contributed by atoms with Crippen molar-refractivity contribution in [2.45, 2.75) is 33.2 Å². The molecule has 0 atom stereocenters. The van der Waals surface area contributed by atoms with E-state index in [0.29, 0.717) is 5.56 Å². The van der Waals surface area contributed by atoms with Crippen LogP contribution in [-0.4, -0.2) is 15.6 Å². The van der Waals surface area contributed by atoms with Crippen molar-refractivity contribution in [2.24, 2.45) is 5.41 Å². The summed E-state index contributed by atoms with van der Waals surface area (Å²) in [6.45, 7) is 4.66. The van der Waals surface area contributed by atoms with Crippen LogP contribution in [0, 0.1) is 16.7 Å². The van der Waals surface area contributed by atoms with Crippen LogP contribution in [-0.2, 0) is 6.54 Å². The number of aryl methyl sites for hydroxylation is 1. The third kappa shape index (κ3) is 3.00. The average Bonchev–Trinajstić information content (AvgIpc) is 2.81. The van der Waals surface area contributed by atoms with Crippen molar-refractivity contribution < 1.29 is 9.90 Å². The molecule has 0 radical (unpaired) electrons. The Morgan fingerprint density at radius 3 is 2.80 bits per heavy atom. The quantitative estimate of drug-likeness (QED) is 0.901. The second kappa shape index (κ2) is 5.38. The lowest BCUT2D eigenvalue weighted by Gasteiger charge is -2.15. The van der Waals surface area contributed by atoms with Crippen molar-refractivity contribution in [3.63, 3.8) is 0 Å². The lowest BCUT2D eigenvalue weighted by Crippen LogP contribution is -2.09. The van der Waals surface area contributed by atoms with Gasteiger partial charge in [-0.3, -0.25) is 0 Å². The van der Waals surface area contributed by atoms with Gasteiger partial charge in [0, 0.05) is 18.3 Å². The van der Waals surface area contributed by atoms with Gasteiger partial charge in [-0.25, -0.2) is 4.79 Å². The first-order valence-corrected chi connectivity index (χ1v) is 6.66. The highest BCUT2D eigenvalue weighted by molar-refractivity contribution is 5.93. The van der Waals surface area contributed by atoms with E-state index in [1.807, 2.05) is 32.2 Å². The Hall–Kier alpha value is -2.28. The Labute approximate surface area is 118 Å². The number of carboxylic acids is 1. The van der Waals surface area contributed by atoms with E-state index in [1.54, 1.807) is 12.1 Å². The molecule has 0 amide bonds. The number of nitriles is 1. The number of hydrogen-bond acceptors (Lipinski definition) is 2. The minimum atomic E-state index is -0.912. The maximum Gasteiger partial charge on any atom is 0.335 e. The molecule has 0 aliphatic rings. The van der Waals surface area contributed by atoms with Gasteiger partial charge in [-0.15, -0.1) is 0 Å². The second-order valence-corrected chi connectivity index (χ2v) is 5.69. The fourth-order valence-corrected chi connectivity index (χ4v) is 2.26. The van der Waals surface area contributed by atoms with Crippen LogP contribution in [0.4, 0.5) is 0 Å². The smallest absolute Gasteiger partial charge is 0.335 e. The number of rotatable bonds is 5. The van der Waals surface area contributed by atoms with Crippen molar-refractivity contribution in [1.29, 1.82) is 5.26 Å². The molecule has 0 saturated carbocycles. The number of aromatic carboxylic acids is 1. The molecule has 1 N–H and O–H groups in total. The van der Waals surface area contributed by atoms with Crippen molar-refractivity contribution in [2.75, 3.05) is 0 Å². The molecule has 0 unspecified atom stereocenters. The molecule has 104 valence electrons. The standard InChI is InChI=1S/C16H18N2O2/c1-16(2,11-17)7-3-8-18-9-6-12-4-5-13(15(19)20)10-14(12)18/h4-6,9-10H,3,7-8H2,1-2H3,(H,19,20). The van der Waals surface area contributed by atoms with Gasteiger partial charge >= 0.3 is 5.97 Å². The zero-order valence-corrected chi connectivity index (χ0v) is 11.8. The molecule has 0 aliphatic carbocycles. The summed E-state index contributed by atoms with van der Waals surface area (Å²) < 4.78 is 2.05. The first-order chi connectivity index (χ1) is 9.43. The van der Waals surface area contributed by atoms with E-state index >= 15 is 0 Å². The maximum atomic E-state index is 11.0. The Morgan fingerprint density at radius 1 is 1.40 bits per heavy atom. The fourth-order valence-electron chi connectivity index (χ4n) is 2.26. The highest BCUT2D eigenvalue weighted by atomic mass is 16.4. The molecule has 4 nitrogen and oxygen atoms in total. The zero-order valence-electron chi connectivity index (χ0n) is 11.8. The van der Waals surface area contributed by atoms with Crippen molar-refractivity contribution >= 4 is 16.9 Å². The molecule has 20 heavy (non-hydrogen) atoms. The molecule has 2 rings (SSSR count). The van der Waals surface area contributed by atoms with E-state index in [2.05, 4.69) is 10.6 Å². The van der Waals surface area contributed by atoms with E-state index < -0.39 is 5.97 Å². The summed E-state index contributed by atoms with van der Waals surface area (Å²) in [5.74, 6) is -0.912. The van der Waals surface area contributed by atoms with Gasteiger partial charge in [0.25, 0.3) is 0 Å². The van der Waals surface area contributed by atoms with Gasteiger partial charge in [-0.05, 0) is 50.3 Å². The average molecular weight is 270 g/mol. The third-order valence-corrected chi connectivity index (χ3v) is 3.52. The van der Waals surface area contributed by atoms with Crippen LogP contribution < -0.4 is 0 Å². The highest BCUT2D eigenvalue weighted by Gasteiger charge is 2.16. The minimum Gasteiger partial charge on any atom is -0.478 e. The number of nitrogens with zero attached hydrogens (tertiary/aromatic N) is 2. The Bertz CT molecular complexity index is 677. The van der Waals surface area contributed by atoms with Crippen LogP contribution in [0.3, 0.4) is 0 Å². The van der Waals surface area contributed by atoms with Gasteiger partial charge < -0.3 is 9.67 Å². The van der Waals surface area contributed by atoms with Crippen LogP contribution in [0.25, 0.3) is 10.9 Å². The van der Waals surface area contributed by atoms with E-state index in [1.165, 1.54) is 0 Å². The summed E-state index contributed by atoms with van der Waals surface area (Å²) in [5, 5.41) is 19.1. The zero-order chi connectivity index (χ0) is 14.8. The molecule has 1 aromatic heterocycles. The summed E-state index contributed by atoms with van der Waals surface area (Å²) in [7, 11) is 0. The topological polar surface area (TPSA) is 66.0 Å². The molecule has 0 fully saturated rings. The molecule has 0 spiro atoms. The fraction of sp³-hybridized carbons (Fsp3) is 0.375. The summed E-state index contributed by atoms with van der Waals surface area (Å²) in [6.07, 6.45) is 3.68. The Balaban J connectivity index is 2.17. The highest BCUT2D eigenvalue weighted by Crippen LogP contribution is 2.23. The van der Waals surface area contributed by atoms with Crippen molar-refractivity contribution in [3.05, 3.63) is 36.0 Å². The Morgan fingerprint density at radius 2 is 2.15 bits per heavy atom. The largest absolute Gasteiger partial charge is 0.478 e. The van der Waals surface area contributed by atoms with E-state index in [-0.39, 0.29) is 5.41 Å². The second-order valence-electron chi connectivity index (χ2n) is 5.69. The molecule has 4 heteroatoms. The summed E-state index contributed by atoms with van der Waals surface area (Å²) in [6, 6.07) is 9.43. The van der Waals surface area contributed by atoms with E-state index in [9.17, 15) is 4.79 Å². The molecule has 1 heterocycles. The van der Waals surface area contributed by atoms with Gasteiger partial charge in [0.15, 0.2) is 0 Å². The van der Waals surface area contributed by atoms with Gasteiger partial charge in [-0.1, -0.05) is 6.07 Å². The number of hydrogen-bond donors (Lipinski definition) is 1. The van der Waals surface area contributed by atoms with Crippen LogP contribution in [0.1, 0.15) is 37.0 Å². The van der Waals surface area contributed by atoms with Gasteiger partial charge in [0.05, 0.1) is 17.0 Å². The molecular weight excluding hydrogens is 252 g/mol. The number of carbonyl (C=O) groups is 1. The summed E-state index contributed by atoms with van der Waals surface area (Å²) in [4.78, 5) is 11.0. The van der Waals surface area contributed by atoms with E-state index in [4.69, 9.17) is 10.4 Å². The molecule has 2 aromatic rings. The number of fused-ring (bicyclic) bond motifs is 1. The van der Waals surface area contributed by atoms with E-state index in [0.717, 1.165) is 30.3 Å². The predicted molar refractivity (Wildman–Crippen MR) is 77.5 cm³/mol. The first kappa shape index (κ1) is 14.1. The molecule has 0 aliphatic heterocycles. The summed E-state index contributed by atoms with van der Waals surface area (Å²) in [5.41, 5.74) is 0.921.